The van der Waals surface area contributed by atoms with Crippen LogP contribution in [-0.4, -0.2) is 22.5 Å². The van der Waals surface area contributed by atoms with Gasteiger partial charge in [-0.1, -0.05) is 71.4 Å². The van der Waals surface area contributed by atoms with Gasteiger partial charge in [0.15, 0.2) is 5.82 Å². The molecule has 0 aliphatic carbocycles. The van der Waals surface area contributed by atoms with Gasteiger partial charge in [-0.05, 0) is 60.7 Å². The Balaban J connectivity index is 1.48. The van der Waals surface area contributed by atoms with Gasteiger partial charge in [-0.3, -0.25) is 4.79 Å². The van der Waals surface area contributed by atoms with E-state index >= 15 is 0 Å². The number of nitrogens with zero attached hydrogens (tertiary/aromatic N) is 2. The van der Waals surface area contributed by atoms with Crippen LogP contribution in [0.5, 0.6) is 11.5 Å². The largest absolute Gasteiger partial charge is 0.494 e. The standard InChI is InChI=1S/C31H40N2O3/c1-4-6-7-8-9-10-21-35-28-16-14-26(15-17-28)31-32-22-27(23-33-31)25-12-18-29(19-13-25)36-30(34)20-11-24(3)5-2/h12-19,22-24H,4-11,20-21H2,1-3H3. The van der Waals surface area contributed by atoms with Crippen LogP contribution < -0.4 is 9.47 Å². The lowest BCUT2D eigenvalue weighted by molar-refractivity contribution is -0.134. The highest BCUT2D eigenvalue weighted by molar-refractivity contribution is 5.73. The van der Waals surface area contributed by atoms with Gasteiger partial charge in [0.2, 0.25) is 0 Å². The van der Waals surface area contributed by atoms with Crippen molar-refractivity contribution in [2.45, 2.75) is 78.6 Å². The first-order valence-corrected chi connectivity index (χ1v) is 13.5. The van der Waals surface area contributed by atoms with Gasteiger partial charge < -0.3 is 9.47 Å². The summed E-state index contributed by atoms with van der Waals surface area (Å²) in [5.74, 6) is 2.46. The molecule has 1 aromatic heterocycles. The van der Waals surface area contributed by atoms with Crippen LogP contribution in [0.3, 0.4) is 0 Å². The highest BCUT2D eigenvalue weighted by atomic mass is 16.5. The molecule has 2 aromatic carbocycles. The van der Waals surface area contributed by atoms with Crippen molar-refractivity contribution in [1.29, 1.82) is 0 Å². The molecule has 192 valence electrons. The molecule has 0 radical (unpaired) electrons. The second kappa shape index (κ2) is 15.0. The lowest BCUT2D eigenvalue weighted by atomic mass is 10.0. The number of benzene rings is 2. The van der Waals surface area contributed by atoms with Crippen molar-refractivity contribution in [3.8, 4) is 34.0 Å². The number of hydrogen-bond acceptors (Lipinski definition) is 5. The molecule has 3 rings (SSSR count). The predicted molar refractivity (Wildman–Crippen MR) is 146 cm³/mol. The van der Waals surface area contributed by atoms with Crippen LogP contribution in [0, 0.1) is 5.92 Å². The van der Waals surface area contributed by atoms with Crippen molar-refractivity contribution in [2.24, 2.45) is 5.92 Å². The summed E-state index contributed by atoms with van der Waals surface area (Å²) < 4.78 is 11.3. The summed E-state index contributed by atoms with van der Waals surface area (Å²) in [6.07, 6.45) is 13.5. The first-order valence-electron chi connectivity index (χ1n) is 13.5. The van der Waals surface area contributed by atoms with Gasteiger partial charge in [0.05, 0.1) is 6.61 Å². The molecule has 0 bridgehead atoms. The average Bonchev–Trinajstić information content (AvgIpc) is 2.92. The van der Waals surface area contributed by atoms with Gasteiger partial charge in [0, 0.05) is 29.9 Å². The van der Waals surface area contributed by atoms with Crippen LogP contribution in [0.15, 0.2) is 60.9 Å². The number of aromatic nitrogens is 2. The minimum atomic E-state index is -0.186. The number of carbonyl (C=O) groups is 1. The third-order valence-corrected chi connectivity index (χ3v) is 6.49. The topological polar surface area (TPSA) is 61.3 Å². The lowest BCUT2D eigenvalue weighted by Crippen LogP contribution is -2.09. The van der Waals surface area contributed by atoms with E-state index in [0.29, 0.717) is 23.9 Å². The van der Waals surface area contributed by atoms with Crippen molar-refractivity contribution >= 4 is 5.97 Å². The molecule has 1 unspecified atom stereocenters. The molecule has 0 spiro atoms. The zero-order valence-corrected chi connectivity index (χ0v) is 22.0. The van der Waals surface area contributed by atoms with Gasteiger partial charge in [-0.15, -0.1) is 0 Å². The molecular formula is C31H40N2O3. The van der Waals surface area contributed by atoms with Crippen molar-refractivity contribution < 1.29 is 14.3 Å². The molecule has 0 amide bonds. The van der Waals surface area contributed by atoms with Crippen molar-refractivity contribution in [3.63, 3.8) is 0 Å². The zero-order valence-electron chi connectivity index (χ0n) is 22.0. The first kappa shape index (κ1) is 27.4. The highest BCUT2D eigenvalue weighted by Gasteiger charge is 2.09. The summed E-state index contributed by atoms with van der Waals surface area (Å²) in [4.78, 5) is 21.1. The fourth-order valence-corrected chi connectivity index (χ4v) is 3.87. The predicted octanol–water partition coefficient (Wildman–Crippen LogP) is 8.28. The first-order chi connectivity index (χ1) is 17.6. The van der Waals surface area contributed by atoms with Gasteiger partial charge >= 0.3 is 5.97 Å². The normalized spacial score (nSPS) is 11.8. The molecule has 5 nitrogen and oxygen atoms in total. The minimum absolute atomic E-state index is 0.186. The van der Waals surface area contributed by atoms with E-state index in [-0.39, 0.29) is 5.97 Å². The van der Waals surface area contributed by atoms with Crippen molar-refractivity contribution in [2.75, 3.05) is 6.61 Å². The number of esters is 1. The summed E-state index contributed by atoms with van der Waals surface area (Å²) in [6, 6.07) is 15.4. The highest BCUT2D eigenvalue weighted by Crippen LogP contribution is 2.24. The Morgan fingerprint density at radius 1 is 0.778 bits per heavy atom. The summed E-state index contributed by atoms with van der Waals surface area (Å²) in [7, 11) is 0. The van der Waals surface area contributed by atoms with Gasteiger partial charge in [0.1, 0.15) is 11.5 Å². The number of hydrogen-bond donors (Lipinski definition) is 0. The Kier molecular flexibility index (Phi) is 11.4. The molecule has 0 saturated heterocycles. The SMILES string of the molecule is CCCCCCCCOc1ccc(-c2ncc(-c3ccc(OC(=O)CCC(C)CC)cc3)cn2)cc1. The number of ether oxygens (including phenoxy) is 2. The van der Waals surface area contributed by atoms with Crippen LogP contribution in [-0.2, 0) is 4.79 Å². The van der Waals surface area contributed by atoms with E-state index in [4.69, 9.17) is 9.47 Å². The van der Waals surface area contributed by atoms with E-state index in [1.807, 2.05) is 60.9 Å². The van der Waals surface area contributed by atoms with Gasteiger partial charge in [0.25, 0.3) is 0 Å². The van der Waals surface area contributed by atoms with E-state index < -0.39 is 0 Å². The Morgan fingerprint density at radius 3 is 2.06 bits per heavy atom. The van der Waals surface area contributed by atoms with E-state index in [2.05, 4.69) is 30.7 Å². The van der Waals surface area contributed by atoms with Crippen molar-refractivity contribution in [3.05, 3.63) is 60.9 Å². The maximum absolute atomic E-state index is 12.0. The van der Waals surface area contributed by atoms with Crippen LogP contribution in [0.2, 0.25) is 0 Å². The third-order valence-electron chi connectivity index (χ3n) is 6.49. The summed E-state index contributed by atoms with van der Waals surface area (Å²) in [6.45, 7) is 7.28. The van der Waals surface area contributed by atoms with Crippen molar-refractivity contribution in [1.82, 2.24) is 9.97 Å². The quantitative estimate of drug-likeness (QED) is 0.122. The monoisotopic (exact) mass is 488 g/mol. The average molecular weight is 489 g/mol. The van der Waals surface area contributed by atoms with Crippen LogP contribution >= 0.6 is 0 Å². The summed E-state index contributed by atoms with van der Waals surface area (Å²) in [5, 5.41) is 0. The number of rotatable bonds is 15. The summed E-state index contributed by atoms with van der Waals surface area (Å²) in [5.41, 5.74) is 2.83. The molecule has 0 aliphatic rings. The lowest BCUT2D eigenvalue weighted by Gasteiger charge is -2.09. The molecule has 1 atom stereocenters. The molecule has 0 fully saturated rings. The third kappa shape index (κ3) is 9.10. The molecule has 36 heavy (non-hydrogen) atoms. The minimum Gasteiger partial charge on any atom is -0.494 e. The molecule has 0 aliphatic heterocycles. The fraction of sp³-hybridized carbons (Fsp3) is 0.452. The Hall–Kier alpha value is -3.21. The Morgan fingerprint density at radius 2 is 1.39 bits per heavy atom. The van der Waals surface area contributed by atoms with E-state index in [1.165, 1.54) is 32.1 Å². The van der Waals surface area contributed by atoms with E-state index in [9.17, 15) is 4.79 Å². The molecule has 3 aromatic rings. The fourth-order valence-electron chi connectivity index (χ4n) is 3.87. The second-order valence-electron chi connectivity index (χ2n) is 9.49. The van der Waals surface area contributed by atoms with E-state index in [0.717, 1.165) is 48.3 Å². The van der Waals surface area contributed by atoms with Crippen LogP contribution in [0.1, 0.15) is 78.6 Å². The maximum Gasteiger partial charge on any atom is 0.311 e. The number of carbonyl (C=O) groups excluding carboxylic acids is 1. The van der Waals surface area contributed by atoms with Gasteiger partial charge in [-0.2, -0.15) is 0 Å². The molecule has 0 saturated carbocycles. The Bertz CT molecular complexity index is 1030. The molecule has 0 N–H and O–H groups in total. The smallest absolute Gasteiger partial charge is 0.311 e. The maximum atomic E-state index is 12.0. The van der Waals surface area contributed by atoms with E-state index in [1.54, 1.807) is 0 Å². The Labute approximate surface area is 216 Å². The summed E-state index contributed by atoms with van der Waals surface area (Å²) >= 11 is 0. The second-order valence-corrected chi connectivity index (χ2v) is 9.49. The molecular weight excluding hydrogens is 448 g/mol. The molecule has 1 heterocycles. The number of unbranched alkanes of at least 4 members (excludes halogenated alkanes) is 5. The van der Waals surface area contributed by atoms with Gasteiger partial charge in [-0.25, -0.2) is 9.97 Å². The molecule has 5 heteroatoms. The van der Waals surface area contributed by atoms with Crippen LogP contribution in [0.25, 0.3) is 22.5 Å². The van der Waals surface area contributed by atoms with Crippen LogP contribution in [0.4, 0.5) is 0 Å². The zero-order chi connectivity index (χ0) is 25.6.